The average molecular weight is 415 g/mol. The van der Waals surface area contributed by atoms with Crippen LogP contribution in [-0.2, 0) is 9.53 Å². The first-order valence-electron chi connectivity index (χ1n) is 9.71. The first-order chi connectivity index (χ1) is 15.0. The summed E-state index contributed by atoms with van der Waals surface area (Å²) in [4.78, 5) is 30.2. The van der Waals surface area contributed by atoms with E-state index in [1.165, 1.54) is 0 Å². The Bertz CT molecular complexity index is 1220. The Morgan fingerprint density at radius 1 is 0.968 bits per heavy atom. The van der Waals surface area contributed by atoms with Gasteiger partial charge in [-0.1, -0.05) is 36.4 Å². The SMILES string of the molecule is COc1ccc(NC(=O)C(OC(=O)c2cn3c(C)cccc3n2)c2ccccc2)cc1. The van der Waals surface area contributed by atoms with E-state index < -0.39 is 18.0 Å². The number of benzene rings is 2. The summed E-state index contributed by atoms with van der Waals surface area (Å²) in [6, 6.07) is 21.3. The van der Waals surface area contributed by atoms with Crippen LogP contribution in [0.25, 0.3) is 5.65 Å². The van der Waals surface area contributed by atoms with Gasteiger partial charge in [-0.05, 0) is 43.3 Å². The minimum Gasteiger partial charge on any atom is -0.497 e. The highest BCUT2D eigenvalue weighted by Crippen LogP contribution is 2.23. The van der Waals surface area contributed by atoms with Crippen LogP contribution < -0.4 is 10.1 Å². The Morgan fingerprint density at radius 3 is 2.39 bits per heavy atom. The number of nitrogens with one attached hydrogen (secondary N) is 1. The van der Waals surface area contributed by atoms with Gasteiger partial charge in [0.2, 0.25) is 6.10 Å². The van der Waals surface area contributed by atoms with Gasteiger partial charge in [0.25, 0.3) is 5.91 Å². The molecule has 0 bridgehead atoms. The maximum absolute atomic E-state index is 13.0. The van der Waals surface area contributed by atoms with Crippen molar-refractivity contribution < 1.29 is 19.1 Å². The number of esters is 1. The molecule has 0 aliphatic carbocycles. The summed E-state index contributed by atoms with van der Waals surface area (Å²) >= 11 is 0. The van der Waals surface area contributed by atoms with Crippen LogP contribution >= 0.6 is 0 Å². The monoisotopic (exact) mass is 415 g/mol. The number of fused-ring (bicyclic) bond motifs is 1. The molecule has 7 nitrogen and oxygen atoms in total. The summed E-state index contributed by atoms with van der Waals surface area (Å²) < 4.78 is 12.6. The topological polar surface area (TPSA) is 81.9 Å². The number of amides is 1. The number of anilines is 1. The van der Waals surface area contributed by atoms with Gasteiger partial charge in [0, 0.05) is 23.1 Å². The lowest BCUT2D eigenvalue weighted by Gasteiger charge is -2.17. The van der Waals surface area contributed by atoms with Gasteiger partial charge < -0.3 is 19.2 Å². The van der Waals surface area contributed by atoms with E-state index >= 15 is 0 Å². The fraction of sp³-hybridized carbons (Fsp3) is 0.125. The number of imidazole rings is 1. The minimum absolute atomic E-state index is 0.132. The molecule has 0 saturated heterocycles. The number of rotatable bonds is 6. The van der Waals surface area contributed by atoms with Crippen molar-refractivity contribution in [2.45, 2.75) is 13.0 Å². The van der Waals surface area contributed by atoms with Gasteiger partial charge in [0.1, 0.15) is 11.4 Å². The second kappa shape index (κ2) is 8.71. The smallest absolute Gasteiger partial charge is 0.359 e. The predicted octanol–water partition coefficient (Wildman–Crippen LogP) is 4.19. The van der Waals surface area contributed by atoms with Crippen molar-refractivity contribution in [1.82, 2.24) is 9.38 Å². The molecule has 0 aliphatic heterocycles. The molecule has 0 radical (unpaired) electrons. The van der Waals surface area contributed by atoms with Gasteiger partial charge >= 0.3 is 5.97 Å². The number of hydrogen-bond acceptors (Lipinski definition) is 5. The summed E-state index contributed by atoms with van der Waals surface area (Å²) in [6.45, 7) is 1.92. The molecule has 2 aromatic carbocycles. The molecule has 0 spiro atoms. The fourth-order valence-corrected chi connectivity index (χ4v) is 3.20. The van der Waals surface area contributed by atoms with Crippen LogP contribution in [0.5, 0.6) is 5.75 Å². The highest BCUT2D eigenvalue weighted by molar-refractivity contribution is 5.97. The lowest BCUT2D eigenvalue weighted by molar-refractivity contribution is -0.125. The Balaban J connectivity index is 1.59. The lowest BCUT2D eigenvalue weighted by Crippen LogP contribution is -2.26. The van der Waals surface area contributed by atoms with E-state index in [2.05, 4.69) is 10.3 Å². The first-order valence-corrected chi connectivity index (χ1v) is 9.71. The summed E-state index contributed by atoms with van der Waals surface area (Å²) in [5.41, 5.74) is 2.81. The van der Waals surface area contributed by atoms with E-state index in [4.69, 9.17) is 9.47 Å². The van der Waals surface area contributed by atoms with E-state index in [9.17, 15) is 9.59 Å². The van der Waals surface area contributed by atoms with E-state index in [0.29, 0.717) is 22.6 Å². The van der Waals surface area contributed by atoms with Gasteiger partial charge in [-0.2, -0.15) is 0 Å². The van der Waals surface area contributed by atoms with Crippen molar-refractivity contribution >= 4 is 23.2 Å². The van der Waals surface area contributed by atoms with E-state index in [1.807, 2.05) is 25.1 Å². The third-order valence-electron chi connectivity index (χ3n) is 4.83. The zero-order chi connectivity index (χ0) is 21.8. The first kappa shape index (κ1) is 20.2. The quantitative estimate of drug-likeness (QED) is 0.478. The number of methoxy groups -OCH3 is 1. The van der Waals surface area contributed by atoms with Crippen LogP contribution in [0, 0.1) is 6.92 Å². The number of carbonyl (C=O) groups excluding carboxylic acids is 2. The minimum atomic E-state index is -1.14. The van der Waals surface area contributed by atoms with Crippen LogP contribution in [0.1, 0.15) is 27.8 Å². The van der Waals surface area contributed by atoms with Crippen LogP contribution in [-0.4, -0.2) is 28.4 Å². The lowest BCUT2D eigenvalue weighted by atomic mass is 10.1. The van der Waals surface area contributed by atoms with Crippen LogP contribution in [0.2, 0.25) is 0 Å². The molecule has 4 aromatic rings. The number of nitrogens with zero attached hydrogens (tertiary/aromatic N) is 2. The number of carbonyl (C=O) groups is 2. The molecule has 2 aromatic heterocycles. The highest BCUT2D eigenvalue weighted by Gasteiger charge is 2.27. The number of pyridine rings is 1. The summed E-state index contributed by atoms with van der Waals surface area (Å²) in [5, 5.41) is 2.79. The van der Waals surface area contributed by atoms with Gasteiger partial charge in [-0.25, -0.2) is 9.78 Å². The standard InChI is InChI=1S/C24H21N3O4/c1-16-7-6-10-21-26-20(15-27(16)21)24(29)31-22(17-8-4-3-5-9-17)23(28)25-18-11-13-19(30-2)14-12-18/h3-15,22H,1-2H3,(H,25,28). The zero-order valence-corrected chi connectivity index (χ0v) is 17.1. The van der Waals surface area contributed by atoms with Crippen molar-refractivity contribution in [3.8, 4) is 5.75 Å². The largest absolute Gasteiger partial charge is 0.497 e. The Kier molecular flexibility index (Phi) is 5.66. The zero-order valence-electron chi connectivity index (χ0n) is 17.1. The number of ether oxygens (including phenoxy) is 2. The average Bonchev–Trinajstić information content (AvgIpc) is 3.24. The Morgan fingerprint density at radius 2 is 1.71 bits per heavy atom. The van der Waals surface area contributed by atoms with Crippen molar-refractivity contribution in [1.29, 1.82) is 0 Å². The van der Waals surface area contributed by atoms with Gasteiger partial charge in [0.05, 0.1) is 7.11 Å². The molecular weight excluding hydrogens is 394 g/mol. The fourth-order valence-electron chi connectivity index (χ4n) is 3.20. The molecule has 1 amide bonds. The number of aromatic nitrogens is 2. The molecule has 1 N–H and O–H groups in total. The van der Waals surface area contributed by atoms with Crippen LogP contribution in [0.15, 0.2) is 79.0 Å². The van der Waals surface area contributed by atoms with E-state index in [0.717, 1.165) is 5.69 Å². The second-order valence-electron chi connectivity index (χ2n) is 6.94. The molecule has 0 aliphatic rings. The normalized spacial score (nSPS) is 11.7. The van der Waals surface area contributed by atoms with Crippen LogP contribution in [0.4, 0.5) is 5.69 Å². The molecule has 2 heterocycles. The highest BCUT2D eigenvalue weighted by atomic mass is 16.5. The number of hydrogen-bond donors (Lipinski definition) is 1. The van der Waals surface area contributed by atoms with Crippen LogP contribution in [0.3, 0.4) is 0 Å². The van der Waals surface area contributed by atoms with Crippen molar-refractivity contribution in [3.63, 3.8) is 0 Å². The molecule has 156 valence electrons. The molecule has 31 heavy (non-hydrogen) atoms. The summed E-state index contributed by atoms with van der Waals surface area (Å²) in [5.74, 6) is -0.474. The maximum atomic E-state index is 13.0. The molecule has 1 atom stereocenters. The maximum Gasteiger partial charge on any atom is 0.359 e. The van der Waals surface area contributed by atoms with Crippen molar-refractivity contribution in [2.24, 2.45) is 0 Å². The van der Waals surface area contributed by atoms with Gasteiger partial charge in [0.15, 0.2) is 5.69 Å². The third kappa shape index (κ3) is 4.40. The molecule has 0 saturated carbocycles. The molecule has 7 heteroatoms. The summed E-state index contributed by atoms with van der Waals surface area (Å²) in [7, 11) is 1.57. The Hall–Kier alpha value is -4.13. The van der Waals surface area contributed by atoms with Gasteiger partial charge in [-0.15, -0.1) is 0 Å². The summed E-state index contributed by atoms with van der Waals surface area (Å²) in [6.07, 6.45) is 0.470. The molecule has 1 unspecified atom stereocenters. The van der Waals surface area contributed by atoms with E-state index in [1.54, 1.807) is 72.3 Å². The third-order valence-corrected chi connectivity index (χ3v) is 4.83. The van der Waals surface area contributed by atoms with Crippen molar-refractivity contribution in [2.75, 3.05) is 12.4 Å². The molecule has 0 fully saturated rings. The molecular formula is C24H21N3O4. The molecule has 4 rings (SSSR count). The number of aryl methyl sites for hydroxylation is 1. The van der Waals surface area contributed by atoms with Gasteiger partial charge in [-0.3, -0.25) is 4.79 Å². The second-order valence-corrected chi connectivity index (χ2v) is 6.94. The van der Waals surface area contributed by atoms with E-state index in [-0.39, 0.29) is 5.69 Å². The Labute approximate surface area is 179 Å². The predicted molar refractivity (Wildman–Crippen MR) is 116 cm³/mol. The van der Waals surface area contributed by atoms with Crippen molar-refractivity contribution in [3.05, 3.63) is 95.9 Å².